The molecular weight excluding hydrogens is 232 g/mol. The van der Waals surface area contributed by atoms with Gasteiger partial charge in [-0.2, -0.15) is 0 Å². The van der Waals surface area contributed by atoms with Gasteiger partial charge < -0.3 is 15.4 Å². The quantitative estimate of drug-likeness (QED) is 0.502. The Balaban J connectivity index is 3.34. The van der Waals surface area contributed by atoms with Gasteiger partial charge in [-0.25, -0.2) is 8.42 Å². The number of hydrogen-bond acceptors (Lipinski definition) is 5. The van der Waals surface area contributed by atoms with Crippen molar-refractivity contribution in [2.24, 2.45) is 0 Å². The molecule has 0 aliphatic rings. The number of carbonyl (C=O) groups is 1. The molecule has 0 aliphatic heterocycles. The smallest absolute Gasteiger partial charge is 0.221 e. The maximum absolute atomic E-state index is 11.2. The summed E-state index contributed by atoms with van der Waals surface area (Å²) < 4.78 is 26.3. The molecule has 0 aliphatic carbocycles. The van der Waals surface area contributed by atoms with Crippen LogP contribution < -0.4 is 10.6 Å². The molecule has 0 aromatic carbocycles. The zero-order valence-electron chi connectivity index (χ0n) is 9.78. The Hall–Kier alpha value is -0.660. The van der Waals surface area contributed by atoms with Crippen molar-refractivity contribution in [1.82, 2.24) is 10.6 Å². The van der Waals surface area contributed by atoms with Gasteiger partial charge in [0.05, 0.1) is 12.4 Å². The highest BCUT2D eigenvalue weighted by atomic mass is 32.2. The van der Waals surface area contributed by atoms with Crippen LogP contribution in [0.3, 0.4) is 0 Å². The highest BCUT2D eigenvalue weighted by Crippen LogP contribution is 1.81. The number of carbonyl (C=O) groups excluding carboxylic acids is 1. The average Bonchev–Trinajstić information content (AvgIpc) is 2.16. The molecule has 0 rings (SSSR count). The monoisotopic (exact) mass is 252 g/mol. The molecule has 0 fully saturated rings. The summed E-state index contributed by atoms with van der Waals surface area (Å²) in [7, 11) is -1.35. The first-order chi connectivity index (χ1) is 7.45. The Bertz CT molecular complexity index is 290. The number of ether oxygens (including phenoxy) is 1. The van der Waals surface area contributed by atoms with E-state index in [9.17, 15) is 13.2 Å². The van der Waals surface area contributed by atoms with Gasteiger partial charge in [0.2, 0.25) is 5.91 Å². The Kier molecular flexibility index (Phi) is 8.14. The van der Waals surface area contributed by atoms with Gasteiger partial charge in [0.15, 0.2) is 0 Å². The molecular formula is C9H20N2O4S. The largest absolute Gasteiger partial charge is 0.383 e. The molecule has 7 heteroatoms. The molecule has 6 nitrogen and oxygen atoms in total. The van der Waals surface area contributed by atoms with Crippen molar-refractivity contribution in [1.29, 1.82) is 0 Å². The van der Waals surface area contributed by atoms with Crippen LogP contribution in [0.4, 0.5) is 0 Å². The number of sulfone groups is 1. The average molecular weight is 252 g/mol. The highest BCUT2D eigenvalue weighted by Gasteiger charge is 2.02. The van der Waals surface area contributed by atoms with Gasteiger partial charge in [0.1, 0.15) is 9.84 Å². The van der Waals surface area contributed by atoms with Gasteiger partial charge in [-0.1, -0.05) is 0 Å². The fourth-order valence-corrected chi connectivity index (χ4v) is 1.48. The minimum absolute atomic E-state index is 0.0658. The molecule has 0 atom stereocenters. The zero-order chi connectivity index (χ0) is 12.4. The minimum atomic E-state index is -2.92. The third kappa shape index (κ3) is 11.4. The van der Waals surface area contributed by atoms with E-state index in [1.165, 1.54) is 6.26 Å². The van der Waals surface area contributed by atoms with Crippen LogP contribution in [0.1, 0.15) is 6.42 Å². The minimum Gasteiger partial charge on any atom is -0.383 e. The molecule has 0 heterocycles. The predicted molar refractivity (Wildman–Crippen MR) is 62.1 cm³/mol. The summed E-state index contributed by atoms with van der Waals surface area (Å²) in [6.07, 6.45) is 1.53. The third-order valence-electron chi connectivity index (χ3n) is 1.81. The first kappa shape index (κ1) is 15.3. The molecule has 0 unspecified atom stereocenters. The van der Waals surface area contributed by atoms with Crippen molar-refractivity contribution in [3.8, 4) is 0 Å². The summed E-state index contributed by atoms with van der Waals surface area (Å²) in [6.45, 7) is 1.85. The third-order valence-corrected chi connectivity index (χ3v) is 2.75. The zero-order valence-corrected chi connectivity index (χ0v) is 10.6. The van der Waals surface area contributed by atoms with Crippen molar-refractivity contribution in [3.05, 3.63) is 0 Å². The number of hydrogen-bond donors (Lipinski definition) is 2. The lowest BCUT2D eigenvalue weighted by Gasteiger charge is -2.05. The molecule has 0 saturated heterocycles. The second kappa shape index (κ2) is 8.49. The fourth-order valence-electron chi connectivity index (χ4n) is 0.965. The summed E-state index contributed by atoms with van der Waals surface area (Å²) in [5.74, 6) is 0.0297. The van der Waals surface area contributed by atoms with E-state index in [1.807, 2.05) is 0 Å². The van der Waals surface area contributed by atoms with E-state index in [0.717, 1.165) is 0 Å². The molecule has 2 N–H and O–H groups in total. The van der Waals surface area contributed by atoms with E-state index in [1.54, 1.807) is 7.11 Å². The Morgan fingerprint density at radius 1 is 1.25 bits per heavy atom. The standard InChI is InChI=1S/C9H20N2O4S/c1-15-7-5-11-9(12)3-4-10-6-8-16(2,13)14/h10H,3-8H2,1-2H3,(H,11,12). The van der Waals surface area contributed by atoms with Gasteiger partial charge in [0.25, 0.3) is 0 Å². The van der Waals surface area contributed by atoms with Gasteiger partial charge >= 0.3 is 0 Å². The predicted octanol–water partition coefficient (Wildman–Crippen LogP) is -1.23. The first-order valence-corrected chi connectivity index (χ1v) is 7.16. The van der Waals surface area contributed by atoms with Crippen LogP contribution in [-0.4, -0.2) is 59.7 Å². The molecule has 0 spiro atoms. The van der Waals surface area contributed by atoms with Crippen LogP contribution >= 0.6 is 0 Å². The molecule has 96 valence electrons. The van der Waals surface area contributed by atoms with Crippen LogP contribution in [0.2, 0.25) is 0 Å². The summed E-state index contributed by atoms with van der Waals surface area (Å²) in [4.78, 5) is 11.2. The van der Waals surface area contributed by atoms with E-state index < -0.39 is 9.84 Å². The summed E-state index contributed by atoms with van der Waals surface area (Å²) in [6, 6.07) is 0. The summed E-state index contributed by atoms with van der Waals surface area (Å²) in [5, 5.41) is 5.56. The van der Waals surface area contributed by atoms with Gasteiger partial charge in [-0.05, 0) is 0 Å². The van der Waals surface area contributed by atoms with E-state index >= 15 is 0 Å². The fraction of sp³-hybridized carbons (Fsp3) is 0.889. The van der Waals surface area contributed by atoms with Crippen LogP contribution in [0.5, 0.6) is 0 Å². The molecule has 0 radical (unpaired) electrons. The van der Waals surface area contributed by atoms with E-state index in [-0.39, 0.29) is 11.7 Å². The van der Waals surface area contributed by atoms with Crippen molar-refractivity contribution < 1.29 is 17.9 Å². The Morgan fingerprint density at radius 3 is 2.50 bits per heavy atom. The van der Waals surface area contributed by atoms with Crippen LogP contribution in [0.15, 0.2) is 0 Å². The summed E-state index contributed by atoms with van der Waals surface area (Å²) in [5.41, 5.74) is 0. The number of amides is 1. The number of rotatable bonds is 9. The highest BCUT2D eigenvalue weighted by molar-refractivity contribution is 7.90. The number of nitrogens with one attached hydrogen (secondary N) is 2. The van der Waals surface area contributed by atoms with E-state index in [4.69, 9.17) is 4.74 Å². The van der Waals surface area contributed by atoms with Crippen molar-refractivity contribution in [3.63, 3.8) is 0 Å². The van der Waals surface area contributed by atoms with E-state index in [0.29, 0.717) is 32.7 Å². The molecule has 0 aromatic heterocycles. The van der Waals surface area contributed by atoms with Crippen LogP contribution in [0, 0.1) is 0 Å². The molecule has 0 saturated carbocycles. The van der Waals surface area contributed by atoms with Crippen LogP contribution in [0.25, 0.3) is 0 Å². The van der Waals surface area contributed by atoms with Crippen molar-refractivity contribution in [2.75, 3.05) is 45.4 Å². The Morgan fingerprint density at radius 2 is 1.94 bits per heavy atom. The van der Waals surface area contributed by atoms with Gasteiger partial charge in [-0.15, -0.1) is 0 Å². The molecule has 0 aromatic rings. The second-order valence-corrected chi connectivity index (χ2v) is 5.73. The van der Waals surface area contributed by atoms with Crippen LogP contribution in [-0.2, 0) is 19.4 Å². The normalized spacial score (nSPS) is 11.4. The van der Waals surface area contributed by atoms with Crippen molar-refractivity contribution >= 4 is 15.7 Å². The maximum Gasteiger partial charge on any atom is 0.221 e. The lowest BCUT2D eigenvalue weighted by molar-refractivity contribution is -0.121. The van der Waals surface area contributed by atoms with Gasteiger partial charge in [0, 0.05) is 39.4 Å². The topological polar surface area (TPSA) is 84.5 Å². The number of methoxy groups -OCH3 is 1. The van der Waals surface area contributed by atoms with Crippen molar-refractivity contribution in [2.45, 2.75) is 6.42 Å². The van der Waals surface area contributed by atoms with E-state index in [2.05, 4.69) is 10.6 Å². The van der Waals surface area contributed by atoms with Gasteiger partial charge in [-0.3, -0.25) is 4.79 Å². The molecule has 0 bridgehead atoms. The second-order valence-electron chi connectivity index (χ2n) is 3.47. The first-order valence-electron chi connectivity index (χ1n) is 5.10. The molecule has 16 heavy (non-hydrogen) atoms. The SMILES string of the molecule is COCCNC(=O)CCNCCS(C)(=O)=O. The lowest BCUT2D eigenvalue weighted by Crippen LogP contribution is -2.31. The Labute approximate surface area is 96.7 Å². The lowest BCUT2D eigenvalue weighted by atomic mass is 10.4. The maximum atomic E-state index is 11.2. The molecule has 1 amide bonds. The summed E-state index contributed by atoms with van der Waals surface area (Å²) >= 11 is 0.